The molecule has 4 aromatic carbocycles. The molecule has 0 N–H and O–H groups in total. The summed E-state index contributed by atoms with van der Waals surface area (Å²) >= 11 is 0. The van der Waals surface area contributed by atoms with E-state index in [-0.39, 0.29) is 11.8 Å². The molecule has 7 rings (SSSR count). The lowest BCUT2D eigenvalue weighted by Crippen LogP contribution is -2.89. The van der Waals surface area contributed by atoms with Gasteiger partial charge in [-0.3, -0.25) is 20.2 Å². The average molecular weight is 705 g/mol. The number of nitrogens with zero attached hydrogens (tertiary/aromatic N) is 4. The van der Waals surface area contributed by atoms with E-state index in [1.54, 1.807) is 48.5 Å². The first-order chi connectivity index (χ1) is 23.5. The highest BCUT2D eigenvalue weighted by Gasteiger charge is 3.03. The molecule has 6 aromatic rings. The maximum Gasteiger partial charge on any atom is 0.395 e. The smallest absolute Gasteiger partial charge is 0.395 e. The minimum atomic E-state index is -5.58. The van der Waals surface area contributed by atoms with Gasteiger partial charge in [0.05, 0.1) is 0 Å². The first kappa shape index (κ1) is 35.1. The summed E-state index contributed by atoms with van der Waals surface area (Å²) < 4.78 is 110. The molecule has 1 aliphatic rings. The van der Waals surface area contributed by atoms with Crippen molar-refractivity contribution < 1.29 is 54.5 Å². The molecule has 50 heavy (non-hydrogen) atoms. The average Bonchev–Trinajstić information content (AvgIpc) is 3.69. The van der Waals surface area contributed by atoms with Crippen LogP contribution in [-0.2, 0) is 0 Å². The molecule has 1 fully saturated rings. The largest absolute Gasteiger partial charge is 0.447 e. The number of alkyl halides is 6. The molecule has 12 nitrogen and oxygen atoms in total. The predicted molar refractivity (Wildman–Crippen MR) is 164 cm³/mol. The Morgan fingerprint density at radius 1 is 0.560 bits per heavy atom. The van der Waals surface area contributed by atoms with E-state index in [1.807, 2.05) is 0 Å². The van der Waals surface area contributed by atoms with E-state index in [0.717, 1.165) is 38.4 Å². The van der Waals surface area contributed by atoms with Gasteiger partial charge in [0.2, 0.25) is 11.8 Å². The van der Waals surface area contributed by atoms with Crippen LogP contribution in [-0.4, -0.2) is 57.5 Å². The van der Waals surface area contributed by atoms with E-state index in [0.29, 0.717) is 33.3 Å². The highest BCUT2D eigenvalue weighted by atomic mass is 19.3. The Balaban J connectivity index is 0.000000552. The van der Waals surface area contributed by atoms with Crippen molar-refractivity contribution in [1.82, 2.24) is 9.97 Å². The topological polar surface area (TPSA) is 157 Å². The van der Waals surface area contributed by atoms with Crippen molar-refractivity contribution in [3.8, 4) is 34.4 Å². The number of fused-ring (bicyclic) bond motifs is 2. The quantitative estimate of drug-likeness (QED) is 0.0941. The summed E-state index contributed by atoms with van der Waals surface area (Å²) in [5.74, 6) is -21.9. The van der Waals surface area contributed by atoms with Crippen LogP contribution in [0.3, 0.4) is 0 Å². The molecule has 1 aliphatic carbocycles. The lowest BCUT2D eigenvalue weighted by molar-refractivity contribution is -0.527. The highest BCUT2D eigenvalue weighted by Crippen LogP contribution is 2.68. The maximum atomic E-state index is 15.6. The molecule has 0 amide bonds. The van der Waals surface area contributed by atoms with E-state index in [4.69, 9.17) is 29.1 Å². The van der Waals surface area contributed by atoms with Crippen molar-refractivity contribution >= 4 is 22.2 Å². The maximum absolute atomic E-state index is 15.6. The van der Waals surface area contributed by atoms with Gasteiger partial charge in [-0.05, 0) is 72.8 Å². The van der Waals surface area contributed by atoms with E-state index >= 15 is 8.78 Å². The molecule has 2 heterocycles. The first-order valence-corrected chi connectivity index (χ1v) is 14.1. The zero-order valence-electron chi connectivity index (χ0n) is 25.6. The summed E-state index contributed by atoms with van der Waals surface area (Å²) in [4.78, 5) is 25.2. The number of hydrogen-bond donors (Lipinski definition) is 0. The number of hydrogen-bond acceptors (Lipinski definition) is 10. The molecule has 0 aliphatic heterocycles. The third-order valence-electron chi connectivity index (χ3n) is 6.92. The van der Waals surface area contributed by atoms with Gasteiger partial charge in [-0.1, -0.05) is 24.3 Å². The van der Waals surface area contributed by atoms with Crippen molar-refractivity contribution in [3.05, 3.63) is 117 Å². The van der Waals surface area contributed by atoms with Crippen LogP contribution >= 0.6 is 0 Å². The SMILES string of the molecule is C[N+](=O)[O-].C[N+](=O)[O-].FC1(F)C(F)(F)C(F)(Oc2ccc(-c3nc4ccccc4o3)cc2)C1(F)Oc1ccc(-c2nc3ccccc3o2)cc1. The summed E-state index contributed by atoms with van der Waals surface area (Å²) in [5.41, 5.74) is 2.75. The highest BCUT2D eigenvalue weighted by molar-refractivity contribution is 5.77. The Morgan fingerprint density at radius 2 is 0.860 bits per heavy atom. The van der Waals surface area contributed by atoms with Crippen LogP contribution in [0.2, 0.25) is 0 Å². The molecule has 2 aromatic heterocycles. The number of nitro groups is 2. The van der Waals surface area contributed by atoms with Gasteiger partial charge < -0.3 is 18.3 Å². The van der Waals surface area contributed by atoms with Gasteiger partial charge in [-0.15, -0.1) is 0 Å². The molecule has 2 atom stereocenters. The zero-order valence-corrected chi connectivity index (χ0v) is 25.6. The monoisotopic (exact) mass is 704 g/mol. The van der Waals surface area contributed by atoms with Gasteiger partial charge in [0.25, 0.3) is 0 Å². The van der Waals surface area contributed by atoms with E-state index in [1.165, 1.54) is 24.3 Å². The van der Waals surface area contributed by atoms with Gasteiger partial charge in [0, 0.05) is 21.0 Å². The lowest BCUT2D eigenvalue weighted by atomic mass is 9.76. The molecule has 18 heteroatoms. The van der Waals surface area contributed by atoms with Crippen molar-refractivity contribution in [2.24, 2.45) is 0 Å². The van der Waals surface area contributed by atoms with Crippen molar-refractivity contribution in [1.29, 1.82) is 0 Å². The fourth-order valence-corrected chi connectivity index (χ4v) is 4.65. The number of halogens is 6. The molecule has 0 saturated heterocycles. The van der Waals surface area contributed by atoms with Crippen LogP contribution in [0.1, 0.15) is 0 Å². The number of aromatic nitrogens is 2. The molecule has 0 bridgehead atoms. The van der Waals surface area contributed by atoms with Crippen LogP contribution in [0.4, 0.5) is 26.3 Å². The fraction of sp³-hybridized carbons (Fsp3) is 0.188. The van der Waals surface area contributed by atoms with Gasteiger partial charge in [-0.25, -0.2) is 9.97 Å². The first-order valence-electron chi connectivity index (χ1n) is 14.1. The molecule has 2 unspecified atom stereocenters. The summed E-state index contributed by atoms with van der Waals surface area (Å²) in [5, 5.41) is 17.6. The number of oxazole rings is 2. The molecule has 1 saturated carbocycles. The molecule has 0 radical (unpaired) electrons. The Bertz CT molecular complexity index is 1930. The number of rotatable bonds is 6. The second-order valence-corrected chi connectivity index (χ2v) is 10.4. The number of para-hydroxylation sites is 4. The second kappa shape index (κ2) is 13.0. The van der Waals surface area contributed by atoms with Crippen LogP contribution in [0.25, 0.3) is 45.1 Å². The van der Waals surface area contributed by atoms with Crippen LogP contribution < -0.4 is 9.47 Å². The van der Waals surface area contributed by atoms with E-state index in [2.05, 4.69) is 19.4 Å². The van der Waals surface area contributed by atoms with Crippen molar-refractivity contribution in [2.75, 3.05) is 14.1 Å². The summed E-state index contributed by atoms with van der Waals surface area (Å²) in [6.07, 6.45) is 0. The van der Waals surface area contributed by atoms with Crippen LogP contribution in [0.15, 0.2) is 106 Å². The molecular weight excluding hydrogens is 682 g/mol. The summed E-state index contributed by atoms with van der Waals surface area (Å²) in [6, 6.07) is 22.8. The third kappa shape index (κ3) is 6.22. The number of benzene rings is 4. The van der Waals surface area contributed by atoms with Crippen LogP contribution in [0.5, 0.6) is 11.5 Å². The van der Waals surface area contributed by atoms with E-state index < -0.39 is 44.9 Å². The Labute approximate surface area is 276 Å². The standard InChI is InChI=1S/C30H16F6N2O4.2CH3NO2/c31-27(32)28(33,34)30(36,42-20-15-11-18(12-16-20)26-38-22-6-2-4-8-24(22)40-26)29(27,35)41-19-13-9-17(10-14-19)25-37-21-5-1-3-7-23(21)39-25;2*1-2(3)4/h1-16H;2*1H3. The summed E-state index contributed by atoms with van der Waals surface area (Å²) in [6.45, 7) is 0. The minimum absolute atomic E-state index is 0.155. The van der Waals surface area contributed by atoms with Crippen molar-refractivity contribution in [2.45, 2.75) is 23.6 Å². The molecular formula is C32H22F6N4O8. The van der Waals surface area contributed by atoms with E-state index in [9.17, 15) is 17.6 Å². The fourth-order valence-electron chi connectivity index (χ4n) is 4.65. The zero-order chi connectivity index (χ0) is 36.5. The second-order valence-electron chi connectivity index (χ2n) is 10.4. The molecule has 0 spiro atoms. The third-order valence-corrected chi connectivity index (χ3v) is 6.92. The van der Waals surface area contributed by atoms with Gasteiger partial charge in [0.1, 0.15) is 22.5 Å². The Hall–Kier alpha value is -6.20. The lowest BCUT2D eigenvalue weighted by Gasteiger charge is -2.55. The normalized spacial score (nSPS) is 20.0. The van der Waals surface area contributed by atoms with Gasteiger partial charge in [0.15, 0.2) is 25.3 Å². The van der Waals surface area contributed by atoms with Gasteiger partial charge >= 0.3 is 23.6 Å². The van der Waals surface area contributed by atoms with Gasteiger partial charge in [-0.2, -0.15) is 26.3 Å². The Morgan fingerprint density at radius 3 is 1.16 bits per heavy atom. The van der Waals surface area contributed by atoms with Crippen molar-refractivity contribution in [3.63, 3.8) is 0 Å². The number of ether oxygens (including phenoxy) is 2. The summed E-state index contributed by atoms with van der Waals surface area (Å²) in [7, 11) is 1.78. The molecule has 260 valence electrons. The van der Waals surface area contributed by atoms with Crippen LogP contribution in [0, 0.1) is 20.2 Å². The Kier molecular flexibility index (Phi) is 9.14. The predicted octanol–water partition coefficient (Wildman–Crippen LogP) is 8.16. The minimum Gasteiger partial charge on any atom is -0.447 e.